The van der Waals surface area contributed by atoms with E-state index in [1.54, 1.807) is 12.1 Å². The highest BCUT2D eigenvalue weighted by Gasteiger charge is 2.43. The number of fused-ring (bicyclic) bond motifs is 2. The van der Waals surface area contributed by atoms with E-state index in [-0.39, 0.29) is 17.2 Å². The molecule has 118 valence electrons. The molecule has 1 aliphatic heterocycles. The van der Waals surface area contributed by atoms with Crippen molar-refractivity contribution in [2.45, 2.75) is 32.7 Å². The van der Waals surface area contributed by atoms with Crippen LogP contribution in [0.5, 0.6) is 0 Å². The third kappa shape index (κ3) is 2.16. The van der Waals surface area contributed by atoms with Crippen LogP contribution in [0.2, 0.25) is 0 Å². The van der Waals surface area contributed by atoms with Crippen LogP contribution in [0.3, 0.4) is 0 Å². The van der Waals surface area contributed by atoms with Crippen molar-refractivity contribution < 1.29 is 9.18 Å². The molecule has 0 radical (unpaired) electrons. The Bertz CT molecular complexity index is 790. The van der Waals surface area contributed by atoms with Gasteiger partial charge in [-0.3, -0.25) is 0 Å². The quantitative estimate of drug-likeness (QED) is 0.783. The Morgan fingerprint density at radius 1 is 1.35 bits per heavy atom. The fourth-order valence-electron chi connectivity index (χ4n) is 4.05. The summed E-state index contributed by atoms with van der Waals surface area (Å²) in [4.78, 5) is 16.0. The summed E-state index contributed by atoms with van der Waals surface area (Å²) in [5.41, 5.74) is 4.11. The van der Waals surface area contributed by atoms with Gasteiger partial charge in [-0.05, 0) is 49.6 Å². The fraction of sp³-hybridized carbons (Fsp3) is 0.368. The maximum absolute atomic E-state index is 13.2. The van der Waals surface area contributed by atoms with Crippen LogP contribution in [0, 0.1) is 17.2 Å². The van der Waals surface area contributed by atoms with Gasteiger partial charge in [0.05, 0.1) is 17.7 Å². The molecule has 0 saturated heterocycles. The number of rotatable bonds is 2. The number of nitrogens with zero attached hydrogens (tertiary/aromatic N) is 2. The first-order valence-electron chi connectivity index (χ1n) is 8.09. The molecule has 23 heavy (non-hydrogen) atoms. The van der Waals surface area contributed by atoms with Crippen LogP contribution in [0.25, 0.3) is 17.3 Å². The smallest absolute Gasteiger partial charge is 0.124 e. The molecule has 1 aliphatic carbocycles. The Morgan fingerprint density at radius 3 is 2.87 bits per heavy atom. The predicted molar refractivity (Wildman–Crippen MR) is 87.1 cm³/mol. The standard InChI is InChI=1S/C19H19FN2O/c1-19-11-22-12-21-18(13-5-7-16(20)8-6-13)17(22)9-14(19)3-2-4-15(19)10-23/h5-10,12,15H,2-4,11H2,1H3. The Labute approximate surface area is 134 Å². The molecule has 0 bridgehead atoms. The second kappa shape index (κ2) is 5.15. The molecule has 2 unspecified atom stereocenters. The third-order valence-electron chi connectivity index (χ3n) is 5.48. The van der Waals surface area contributed by atoms with Crippen LogP contribution < -0.4 is 0 Å². The molecule has 0 amide bonds. The summed E-state index contributed by atoms with van der Waals surface area (Å²) in [6.07, 6.45) is 8.22. The number of allylic oxidation sites excluding steroid dienone is 1. The molecule has 4 heteroatoms. The van der Waals surface area contributed by atoms with Crippen molar-refractivity contribution in [3.63, 3.8) is 0 Å². The minimum Gasteiger partial charge on any atom is -0.330 e. The lowest BCUT2D eigenvalue weighted by atomic mass is 9.63. The highest BCUT2D eigenvalue weighted by atomic mass is 19.1. The monoisotopic (exact) mass is 310 g/mol. The van der Waals surface area contributed by atoms with Gasteiger partial charge in [0.25, 0.3) is 0 Å². The second-order valence-electron chi connectivity index (χ2n) is 6.84. The maximum atomic E-state index is 13.2. The summed E-state index contributed by atoms with van der Waals surface area (Å²) < 4.78 is 15.3. The molecule has 0 N–H and O–H groups in total. The van der Waals surface area contributed by atoms with E-state index in [4.69, 9.17) is 0 Å². The highest BCUT2D eigenvalue weighted by molar-refractivity contribution is 5.73. The largest absolute Gasteiger partial charge is 0.330 e. The SMILES string of the molecule is CC12Cn3cnc(-c4ccc(F)cc4)c3C=C1CCCC2C=O. The lowest BCUT2D eigenvalue weighted by Crippen LogP contribution is -2.40. The number of carbonyl (C=O) groups excluding carboxylic acids is 1. The van der Waals surface area contributed by atoms with Gasteiger partial charge in [0, 0.05) is 23.4 Å². The van der Waals surface area contributed by atoms with Crippen LogP contribution >= 0.6 is 0 Å². The lowest BCUT2D eigenvalue weighted by Gasteiger charge is -2.44. The lowest BCUT2D eigenvalue weighted by molar-refractivity contribution is -0.115. The molecule has 2 aliphatic rings. The predicted octanol–water partition coefficient (Wildman–Crippen LogP) is 4.09. The van der Waals surface area contributed by atoms with E-state index in [1.165, 1.54) is 17.7 Å². The van der Waals surface area contributed by atoms with Crippen molar-refractivity contribution in [2.24, 2.45) is 11.3 Å². The van der Waals surface area contributed by atoms with Crippen LogP contribution in [-0.2, 0) is 11.3 Å². The molecule has 1 aromatic heterocycles. The van der Waals surface area contributed by atoms with Crippen LogP contribution in [0.15, 0.2) is 36.2 Å². The average Bonchev–Trinajstić information content (AvgIpc) is 2.94. The van der Waals surface area contributed by atoms with Crippen molar-refractivity contribution in [1.29, 1.82) is 0 Å². The molecule has 2 aromatic rings. The van der Waals surface area contributed by atoms with E-state index in [0.29, 0.717) is 0 Å². The minimum absolute atomic E-state index is 0.0762. The van der Waals surface area contributed by atoms with E-state index in [9.17, 15) is 9.18 Å². The summed E-state index contributed by atoms with van der Waals surface area (Å²) in [5.74, 6) is -0.166. The maximum Gasteiger partial charge on any atom is 0.124 e. The van der Waals surface area contributed by atoms with E-state index in [2.05, 4.69) is 22.6 Å². The zero-order valence-electron chi connectivity index (χ0n) is 13.1. The normalized spacial score (nSPS) is 26.2. The Hall–Kier alpha value is -2.23. The zero-order chi connectivity index (χ0) is 16.0. The molecule has 3 nitrogen and oxygen atoms in total. The Morgan fingerprint density at radius 2 is 2.13 bits per heavy atom. The van der Waals surface area contributed by atoms with E-state index >= 15 is 0 Å². The second-order valence-corrected chi connectivity index (χ2v) is 6.84. The van der Waals surface area contributed by atoms with Gasteiger partial charge in [-0.15, -0.1) is 0 Å². The first-order chi connectivity index (χ1) is 11.1. The van der Waals surface area contributed by atoms with Gasteiger partial charge in [0.2, 0.25) is 0 Å². The van der Waals surface area contributed by atoms with Crippen molar-refractivity contribution in [3.8, 4) is 11.3 Å². The summed E-state index contributed by atoms with van der Waals surface area (Å²) in [6.45, 7) is 2.98. The van der Waals surface area contributed by atoms with Crippen molar-refractivity contribution >= 4 is 12.4 Å². The van der Waals surface area contributed by atoms with Gasteiger partial charge < -0.3 is 9.36 Å². The highest BCUT2D eigenvalue weighted by Crippen LogP contribution is 2.49. The average molecular weight is 310 g/mol. The van der Waals surface area contributed by atoms with Crippen LogP contribution in [0.4, 0.5) is 4.39 Å². The number of carbonyl (C=O) groups is 1. The van der Waals surface area contributed by atoms with Crippen LogP contribution in [-0.4, -0.2) is 15.8 Å². The number of imidazole rings is 1. The molecule has 4 rings (SSSR count). The van der Waals surface area contributed by atoms with E-state index in [1.807, 2.05) is 6.33 Å². The number of halogens is 1. The molecular formula is C19H19FN2O. The summed E-state index contributed by atoms with van der Waals surface area (Å²) in [7, 11) is 0. The van der Waals surface area contributed by atoms with E-state index < -0.39 is 0 Å². The summed E-state index contributed by atoms with van der Waals surface area (Å²) in [6, 6.07) is 6.45. The molecule has 0 spiro atoms. The number of hydrogen-bond acceptors (Lipinski definition) is 2. The summed E-state index contributed by atoms with van der Waals surface area (Å²) in [5, 5.41) is 0. The number of hydrogen-bond donors (Lipinski definition) is 0. The molecule has 1 saturated carbocycles. The summed E-state index contributed by atoms with van der Waals surface area (Å²) >= 11 is 0. The molecule has 1 fully saturated rings. The topological polar surface area (TPSA) is 34.9 Å². The molecular weight excluding hydrogens is 291 g/mol. The van der Waals surface area contributed by atoms with Gasteiger partial charge in [0.1, 0.15) is 12.1 Å². The number of aromatic nitrogens is 2. The van der Waals surface area contributed by atoms with Crippen molar-refractivity contribution in [1.82, 2.24) is 9.55 Å². The van der Waals surface area contributed by atoms with Crippen molar-refractivity contribution in [3.05, 3.63) is 47.7 Å². The van der Waals surface area contributed by atoms with Crippen molar-refractivity contribution in [2.75, 3.05) is 0 Å². The third-order valence-corrected chi connectivity index (χ3v) is 5.48. The fourth-order valence-corrected chi connectivity index (χ4v) is 4.05. The Balaban J connectivity index is 1.80. The van der Waals surface area contributed by atoms with Gasteiger partial charge in [-0.2, -0.15) is 0 Å². The molecule has 2 heterocycles. The minimum atomic E-state index is -0.242. The molecule has 2 atom stereocenters. The first-order valence-corrected chi connectivity index (χ1v) is 8.09. The Kier molecular flexibility index (Phi) is 3.22. The number of aldehydes is 1. The van der Waals surface area contributed by atoms with Crippen LogP contribution in [0.1, 0.15) is 31.9 Å². The van der Waals surface area contributed by atoms with Gasteiger partial charge >= 0.3 is 0 Å². The van der Waals surface area contributed by atoms with E-state index in [0.717, 1.165) is 49.0 Å². The first kappa shape index (κ1) is 14.4. The molecule has 1 aromatic carbocycles. The van der Waals surface area contributed by atoms with Gasteiger partial charge in [-0.1, -0.05) is 12.5 Å². The number of benzene rings is 1. The van der Waals surface area contributed by atoms with Gasteiger partial charge in [0.15, 0.2) is 0 Å². The zero-order valence-corrected chi connectivity index (χ0v) is 13.1. The van der Waals surface area contributed by atoms with Gasteiger partial charge in [-0.25, -0.2) is 9.37 Å².